The summed E-state index contributed by atoms with van der Waals surface area (Å²) in [5, 5.41) is 3.89. The molecule has 0 spiro atoms. The molecule has 0 aliphatic carbocycles. The monoisotopic (exact) mass is 215 g/mol. The van der Waals surface area contributed by atoms with Crippen LogP contribution in [-0.4, -0.2) is 21.9 Å². The van der Waals surface area contributed by atoms with Crippen molar-refractivity contribution in [3.05, 3.63) is 11.7 Å². The van der Waals surface area contributed by atoms with Crippen LogP contribution in [0.1, 0.15) is 38.4 Å². The van der Waals surface area contributed by atoms with Gasteiger partial charge in [-0.25, -0.2) is 0 Å². The number of nitrogens with zero attached hydrogens (tertiary/aromatic N) is 2. The Balaban J connectivity index is 2.58. The lowest BCUT2D eigenvalue weighted by molar-refractivity contribution is 0.344. The fourth-order valence-corrected chi connectivity index (χ4v) is 1.43. The highest BCUT2D eigenvalue weighted by Crippen LogP contribution is 2.17. The van der Waals surface area contributed by atoms with Crippen LogP contribution in [0.4, 0.5) is 0 Å². The summed E-state index contributed by atoms with van der Waals surface area (Å²) in [6.45, 7) is 6.04. The Kier molecular flexibility index (Phi) is 4.41. The Morgan fingerprint density at radius 3 is 2.79 bits per heavy atom. The van der Waals surface area contributed by atoms with Crippen molar-refractivity contribution >= 4 is 11.8 Å². The van der Waals surface area contributed by atoms with Gasteiger partial charge in [0.25, 0.3) is 0 Å². The zero-order chi connectivity index (χ0) is 10.6. The van der Waals surface area contributed by atoms with E-state index in [0.29, 0.717) is 5.89 Å². The summed E-state index contributed by atoms with van der Waals surface area (Å²) >= 11 is 1.78. The van der Waals surface area contributed by atoms with Crippen molar-refractivity contribution in [1.82, 2.24) is 10.1 Å². The van der Waals surface area contributed by atoms with Crippen LogP contribution in [0.15, 0.2) is 4.52 Å². The summed E-state index contributed by atoms with van der Waals surface area (Å²) in [7, 11) is 0. The summed E-state index contributed by atoms with van der Waals surface area (Å²) < 4.78 is 5.13. The van der Waals surface area contributed by atoms with Crippen molar-refractivity contribution in [3.63, 3.8) is 0 Å². The zero-order valence-corrected chi connectivity index (χ0v) is 9.67. The van der Waals surface area contributed by atoms with Gasteiger partial charge in [-0.3, -0.25) is 0 Å². The van der Waals surface area contributed by atoms with E-state index in [1.165, 1.54) is 0 Å². The Hall–Kier alpha value is -0.550. The summed E-state index contributed by atoms with van der Waals surface area (Å²) in [4.78, 5) is 4.29. The summed E-state index contributed by atoms with van der Waals surface area (Å²) in [6, 6.07) is 0.0436. The minimum absolute atomic E-state index is 0.0436. The van der Waals surface area contributed by atoms with E-state index in [9.17, 15) is 0 Å². The number of rotatable bonds is 5. The average Bonchev–Trinajstić information content (AvgIpc) is 2.61. The highest BCUT2D eigenvalue weighted by Gasteiger charge is 2.17. The molecular formula is C9H17N3OS. The van der Waals surface area contributed by atoms with Crippen LogP contribution in [0.2, 0.25) is 0 Å². The molecule has 80 valence electrons. The number of thioether (sulfide) groups is 1. The highest BCUT2D eigenvalue weighted by atomic mass is 32.2. The summed E-state index contributed by atoms with van der Waals surface area (Å²) in [6.07, 6.45) is 0. The number of hydrogen-bond acceptors (Lipinski definition) is 5. The third-order valence-electron chi connectivity index (χ3n) is 2.10. The SMILES string of the molecule is CCSCc1noc(C(C)C(C)N)n1. The van der Waals surface area contributed by atoms with Gasteiger partial charge in [-0.05, 0) is 12.7 Å². The molecule has 0 fully saturated rings. The summed E-state index contributed by atoms with van der Waals surface area (Å²) in [5.74, 6) is 3.41. The highest BCUT2D eigenvalue weighted by molar-refractivity contribution is 7.98. The van der Waals surface area contributed by atoms with Crippen LogP contribution in [0.5, 0.6) is 0 Å². The normalized spacial score (nSPS) is 15.4. The number of nitrogens with two attached hydrogens (primary N) is 1. The molecule has 0 saturated carbocycles. The largest absolute Gasteiger partial charge is 0.339 e. The predicted octanol–water partition coefficient (Wildman–Crippen LogP) is 1.77. The van der Waals surface area contributed by atoms with Gasteiger partial charge >= 0.3 is 0 Å². The molecule has 1 rings (SSSR count). The maximum atomic E-state index is 5.74. The minimum Gasteiger partial charge on any atom is -0.339 e. The Bertz CT molecular complexity index is 275. The standard InChI is InChI=1S/C9H17N3OS/c1-4-14-5-8-11-9(13-12-8)6(2)7(3)10/h6-7H,4-5,10H2,1-3H3. The molecule has 0 aliphatic heterocycles. The Labute approximate surface area is 88.6 Å². The van der Waals surface area contributed by atoms with Gasteiger partial charge in [0.2, 0.25) is 5.89 Å². The molecule has 5 heteroatoms. The van der Waals surface area contributed by atoms with Crippen molar-refractivity contribution in [2.45, 2.75) is 38.5 Å². The van der Waals surface area contributed by atoms with Crippen LogP contribution in [0, 0.1) is 0 Å². The van der Waals surface area contributed by atoms with Crippen molar-refractivity contribution in [3.8, 4) is 0 Å². The predicted molar refractivity (Wildman–Crippen MR) is 58.2 cm³/mol. The van der Waals surface area contributed by atoms with Gasteiger partial charge in [0.1, 0.15) is 0 Å². The van der Waals surface area contributed by atoms with Gasteiger partial charge in [0, 0.05) is 6.04 Å². The lowest BCUT2D eigenvalue weighted by Gasteiger charge is -2.09. The first-order valence-corrected chi connectivity index (χ1v) is 5.96. The lowest BCUT2D eigenvalue weighted by atomic mass is 10.1. The molecule has 14 heavy (non-hydrogen) atoms. The van der Waals surface area contributed by atoms with Crippen molar-refractivity contribution < 1.29 is 4.52 Å². The third kappa shape index (κ3) is 2.99. The van der Waals surface area contributed by atoms with E-state index in [1.807, 2.05) is 13.8 Å². The molecule has 1 aromatic heterocycles. The fraction of sp³-hybridized carbons (Fsp3) is 0.778. The Morgan fingerprint density at radius 1 is 1.50 bits per heavy atom. The molecule has 1 heterocycles. The number of hydrogen-bond donors (Lipinski definition) is 1. The molecular weight excluding hydrogens is 198 g/mol. The van der Waals surface area contributed by atoms with Gasteiger partial charge in [0.15, 0.2) is 5.82 Å². The molecule has 0 amide bonds. The van der Waals surface area contributed by atoms with Crippen molar-refractivity contribution in [2.24, 2.45) is 5.73 Å². The molecule has 0 aromatic carbocycles. The van der Waals surface area contributed by atoms with E-state index in [2.05, 4.69) is 17.1 Å². The smallest absolute Gasteiger partial charge is 0.231 e. The topological polar surface area (TPSA) is 64.9 Å². The third-order valence-corrected chi connectivity index (χ3v) is 2.97. The van der Waals surface area contributed by atoms with E-state index < -0.39 is 0 Å². The van der Waals surface area contributed by atoms with Crippen LogP contribution >= 0.6 is 11.8 Å². The molecule has 0 bridgehead atoms. The maximum absolute atomic E-state index is 5.74. The van der Waals surface area contributed by atoms with Gasteiger partial charge in [-0.2, -0.15) is 16.7 Å². The Morgan fingerprint density at radius 2 is 2.21 bits per heavy atom. The molecule has 1 aromatic rings. The summed E-state index contributed by atoms with van der Waals surface area (Å²) in [5.41, 5.74) is 5.74. The van der Waals surface area contributed by atoms with Gasteiger partial charge in [-0.15, -0.1) is 0 Å². The van der Waals surface area contributed by atoms with Crippen molar-refractivity contribution in [1.29, 1.82) is 0 Å². The molecule has 2 atom stereocenters. The van der Waals surface area contributed by atoms with Gasteiger partial charge in [0.05, 0.1) is 11.7 Å². The molecule has 2 N–H and O–H groups in total. The van der Waals surface area contributed by atoms with Crippen molar-refractivity contribution in [2.75, 3.05) is 5.75 Å². The van der Waals surface area contributed by atoms with E-state index in [4.69, 9.17) is 10.3 Å². The quantitative estimate of drug-likeness (QED) is 0.811. The molecule has 4 nitrogen and oxygen atoms in total. The molecule has 0 saturated heterocycles. The van der Waals surface area contributed by atoms with Crippen LogP contribution in [-0.2, 0) is 5.75 Å². The second kappa shape index (κ2) is 5.36. The van der Waals surface area contributed by atoms with Gasteiger partial charge < -0.3 is 10.3 Å². The first-order chi connectivity index (χ1) is 6.65. The van der Waals surface area contributed by atoms with Gasteiger partial charge in [-0.1, -0.05) is 19.0 Å². The van der Waals surface area contributed by atoms with Crippen LogP contribution < -0.4 is 5.73 Å². The number of aromatic nitrogens is 2. The molecule has 0 aliphatic rings. The first kappa shape index (κ1) is 11.5. The van der Waals surface area contributed by atoms with Crippen LogP contribution in [0.3, 0.4) is 0 Å². The molecule has 0 radical (unpaired) electrons. The molecule has 2 unspecified atom stereocenters. The van der Waals surface area contributed by atoms with E-state index in [0.717, 1.165) is 17.3 Å². The second-order valence-corrected chi connectivity index (χ2v) is 4.61. The fourth-order valence-electron chi connectivity index (χ4n) is 0.929. The van der Waals surface area contributed by atoms with E-state index >= 15 is 0 Å². The van der Waals surface area contributed by atoms with E-state index in [-0.39, 0.29) is 12.0 Å². The first-order valence-electron chi connectivity index (χ1n) is 4.81. The maximum Gasteiger partial charge on any atom is 0.231 e. The van der Waals surface area contributed by atoms with E-state index in [1.54, 1.807) is 11.8 Å². The minimum atomic E-state index is 0.0436. The average molecular weight is 215 g/mol. The lowest BCUT2D eigenvalue weighted by Crippen LogP contribution is -2.22. The van der Waals surface area contributed by atoms with Crippen LogP contribution in [0.25, 0.3) is 0 Å². The zero-order valence-electron chi connectivity index (χ0n) is 8.86. The second-order valence-electron chi connectivity index (χ2n) is 3.33.